The molecule has 6 nitrogen and oxygen atoms in total. The van der Waals surface area contributed by atoms with E-state index in [4.69, 9.17) is 0 Å². The highest BCUT2D eigenvalue weighted by molar-refractivity contribution is 7.89. The molecule has 134 valence electrons. The fraction of sp³-hybridized carbons (Fsp3) is 0.294. The fourth-order valence-electron chi connectivity index (χ4n) is 2.12. The molecule has 1 amide bonds. The van der Waals surface area contributed by atoms with Crippen LogP contribution in [-0.2, 0) is 14.8 Å². The van der Waals surface area contributed by atoms with Crippen LogP contribution in [-0.4, -0.2) is 37.2 Å². The Morgan fingerprint density at radius 2 is 1.88 bits per heavy atom. The van der Waals surface area contributed by atoms with Crippen molar-refractivity contribution in [2.75, 3.05) is 18.9 Å². The number of carbonyl (C=O) groups excluding carboxylic acids is 1. The van der Waals surface area contributed by atoms with E-state index in [0.717, 1.165) is 22.0 Å². The number of nitrogens with zero attached hydrogens (tertiary/aromatic N) is 2. The van der Waals surface area contributed by atoms with Gasteiger partial charge in [-0.05, 0) is 49.2 Å². The number of hydrogen-bond acceptors (Lipinski definition) is 4. The van der Waals surface area contributed by atoms with Crippen molar-refractivity contribution in [2.45, 2.75) is 24.7 Å². The van der Waals surface area contributed by atoms with E-state index in [-0.39, 0.29) is 23.8 Å². The summed E-state index contributed by atoms with van der Waals surface area (Å²) < 4.78 is 38.7. The zero-order chi connectivity index (χ0) is 18.4. The fourth-order valence-corrected chi connectivity index (χ4v) is 3.33. The van der Waals surface area contributed by atoms with Gasteiger partial charge in [-0.2, -0.15) is 0 Å². The molecule has 0 aliphatic carbocycles. The van der Waals surface area contributed by atoms with Crippen LogP contribution >= 0.6 is 0 Å². The summed E-state index contributed by atoms with van der Waals surface area (Å²) >= 11 is 0. The third-order valence-electron chi connectivity index (χ3n) is 3.58. The van der Waals surface area contributed by atoms with E-state index in [1.165, 1.54) is 19.2 Å². The Morgan fingerprint density at radius 1 is 1.20 bits per heavy atom. The zero-order valence-electron chi connectivity index (χ0n) is 14.1. The topological polar surface area (TPSA) is 79.4 Å². The van der Waals surface area contributed by atoms with Crippen molar-refractivity contribution >= 4 is 21.7 Å². The van der Waals surface area contributed by atoms with Crippen molar-refractivity contribution < 1.29 is 17.6 Å². The number of sulfonamides is 1. The van der Waals surface area contributed by atoms with Gasteiger partial charge in [-0.15, -0.1) is 0 Å². The first-order valence-corrected chi connectivity index (χ1v) is 9.17. The van der Waals surface area contributed by atoms with Crippen molar-refractivity contribution in [2.24, 2.45) is 0 Å². The average molecular weight is 365 g/mol. The molecule has 0 radical (unpaired) electrons. The molecule has 1 N–H and O–H groups in total. The second kappa shape index (κ2) is 8.17. The van der Waals surface area contributed by atoms with E-state index in [2.05, 4.69) is 10.3 Å². The van der Waals surface area contributed by atoms with Crippen molar-refractivity contribution in [3.8, 4) is 0 Å². The van der Waals surface area contributed by atoms with Crippen LogP contribution in [0.1, 0.15) is 18.4 Å². The average Bonchev–Trinajstić information content (AvgIpc) is 2.57. The molecule has 0 spiro atoms. The molecule has 25 heavy (non-hydrogen) atoms. The van der Waals surface area contributed by atoms with E-state index in [0.29, 0.717) is 12.2 Å². The summed E-state index contributed by atoms with van der Waals surface area (Å²) in [5.74, 6) is -0.269. The Labute approximate surface area is 146 Å². The molecule has 8 heteroatoms. The van der Waals surface area contributed by atoms with Gasteiger partial charge >= 0.3 is 0 Å². The Bertz CT molecular complexity index is 821. The first kappa shape index (κ1) is 19.0. The molecule has 0 aliphatic rings. The predicted octanol–water partition coefficient (Wildman–Crippen LogP) is 2.57. The van der Waals surface area contributed by atoms with Gasteiger partial charge in [0, 0.05) is 26.2 Å². The van der Waals surface area contributed by atoms with Gasteiger partial charge in [0.15, 0.2) is 0 Å². The van der Waals surface area contributed by atoms with E-state index in [9.17, 15) is 17.6 Å². The number of rotatable bonds is 7. The lowest BCUT2D eigenvalue weighted by atomic mass is 10.3. The predicted molar refractivity (Wildman–Crippen MR) is 93.1 cm³/mol. The maximum absolute atomic E-state index is 12.9. The molecular formula is C17H20FN3O3S. The van der Waals surface area contributed by atoms with Gasteiger partial charge < -0.3 is 5.32 Å². The van der Waals surface area contributed by atoms with Crippen LogP contribution in [0.2, 0.25) is 0 Å². The third kappa shape index (κ3) is 5.33. The number of amides is 1. The minimum atomic E-state index is -3.69. The van der Waals surface area contributed by atoms with Crippen LogP contribution in [0, 0.1) is 12.7 Å². The number of anilines is 1. The molecule has 0 saturated carbocycles. The number of carbonyl (C=O) groups is 1. The maximum Gasteiger partial charge on any atom is 0.242 e. The minimum Gasteiger partial charge on any atom is -0.311 e. The standard InChI is InChI=1S/C17H20FN3O3S/c1-13-5-10-16(19-12-13)20-17(22)4-3-11-21(2)25(23,24)15-8-6-14(18)7-9-15/h5-10,12H,3-4,11H2,1-2H3,(H,19,20,22). The molecule has 2 rings (SSSR count). The number of aromatic nitrogens is 1. The minimum absolute atomic E-state index is 0.0182. The van der Waals surface area contributed by atoms with E-state index >= 15 is 0 Å². The summed E-state index contributed by atoms with van der Waals surface area (Å²) in [6.07, 6.45) is 2.17. The molecule has 0 bridgehead atoms. The highest BCUT2D eigenvalue weighted by atomic mass is 32.2. The van der Waals surface area contributed by atoms with Gasteiger partial charge in [-0.25, -0.2) is 22.1 Å². The van der Waals surface area contributed by atoms with Crippen LogP contribution in [0.3, 0.4) is 0 Å². The molecule has 1 aromatic carbocycles. The summed E-state index contributed by atoms with van der Waals surface area (Å²) in [7, 11) is -2.27. The summed E-state index contributed by atoms with van der Waals surface area (Å²) in [4.78, 5) is 16.0. The second-order valence-corrected chi connectivity index (χ2v) is 7.70. The molecule has 1 heterocycles. The summed E-state index contributed by atoms with van der Waals surface area (Å²) in [5.41, 5.74) is 0.991. The number of nitrogens with one attached hydrogen (secondary N) is 1. The Balaban J connectivity index is 1.84. The third-order valence-corrected chi connectivity index (χ3v) is 5.45. The van der Waals surface area contributed by atoms with Gasteiger partial charge in [0.1, 0.15) is 11.6 Å². The summed E-state index contributed by atoms with van der Waals surface area (Å²) in [6, 6.07) is 8.18. The molecule has 1 aromatic heterocycles. The van der Waals surface area contributed by atoms with Gasteiger partial charge in [0.05, 0.1) is 4.90 Å². The van der Waals surface area contributed by atoms with Gasteiger partial charge in [-0.3, -0.25) is 4.79 Å². The smallest absolute Gasteiger partial charge is 0.242 e. The molecule has 0 aliphatic heterocycles. The molecule has 2 aromatic rings. The van der Waals surface area contributed by atoms with E-state index in [1.807, 2.05) is 13.0 Å². The molecule has 0 unspecified atom stereocenters. The number of benzene rings is 1. The Hall–Kier alpha value is -2.32. The summed E-state index contributed by atoms with van der Waals surface area (Å²) in [6.45, 7) is 2.07. The lowest BCUT2D eigenvalue weighted by Gasteiger charge is -2.17. The monoisotopic (exact) mass is 365 g/mol. The van der Waals surface area contributed by atoms with Crippen LogP contribution < -0.4 is 5.32 Å². The first-order valence-electron chi connectivity index (χ1n) is 7.73. The number of hydrogen-bond donors (Lipinski definition) is 1. The SMILES string of the molecule is Cc1ccc(NC(=O)CCCN(C)S(=O)(=O)c2ccc(F)cc2)nc1. The van der Waals surface area contributed by atoms with Crippen molar-refractivity contribution in [1.29, 1.82) is 0 Å². The number of aryl methyl sites for hydroxylation is 1. The maximum atomic E-state index is 12.9. The second-order valence-electron chi connectivity index (χ2n) is 5.65. The highest BCUT2D eigenvalue weighted by Gasteiger charge is 2.20. The van der Waals surface area contributed by atoms with Gasteiger partial charge in [0.2, 0.25) is 15.9 Å². The van der Waals surface area contributed by atoms with Gasteiger partial charge in [0.25, 0.3) is 0 Å². The quantitative estimate of drug-likeness (QED) is 0.818. The Kier molecular flexibility index (Phi) is 6.22. The first-order chi connectivity index (χ1) is 11.8. The molecule has 0 fully saturated rings. The normalized spacial score (nSPS) is 11.5. The van der Waals surface area contributed by atoms with Crippen LogP contribution in [0.4, 0.5) is 10.2 Å². The lowest BCUT2D eigenvalue weighted by molar-refractivity contribution is -0.116. The van der Waals surface area contributed by atoms with Crippen LogP contribution in [0.5, 0.6) is 0 Å². The van der Waals surface area contributed by atoms with E-state index in [1.54, 1.807) is 12.3 Å². The number of pyridine rings is 1. The lowest BCUT2D eigenvalue weighted by Crippen LogP contribution is -2.28. The Morgan fingerprint density at radius 3 is 2.48 bits per heavy atom. The summed E-state index contributed by atoms with van der Waals surface area (Å²) in [5, 5.41) is 2.66. The van der Waals surface area contributed by atoms with Gasteiger partial charge in [-0.1, -0.05) is 6.07 Å². The molecular weight excluding hydrogens is 345 g/mol. The molecule has 0 saturated heterocycles. The van der Waals surface area contributed by atoms with E-state index < -0.39 is 15.8 Å². The highest BCUT2D eigenvalue weighted by Crippen LogP contribution is 2.15. The van der Waals surface area contributed by atoms with Crippen molar-refractivity contribution in [3.05, 3.63) is 54.0 Å². The van der Waals surface area contributed by atoms with Crippen molar-refractivity contribution in [3.63, 3.8) is 0 Å². The van der Waals surface area contributed by atoms with Crippen LogP contribution in [0.25, 0.3) is 0 Å². The van der Waals surface area contributed by atoms with Crippen molar-refractivity contribution in [1.82, 2.24) is 9.29 Å². The zero-order valence-corrected chi connectivity index (χ0v) is 14.9. The van der Waals surface area contributed by atoms with Crippen LogP contribution in [0.15, 0.2) is 47.5 Å². The number of halogens is 1. The molecule has 0 atom stereocenters. The largest absolute Gasteiger partial charge is 0.311 e.